The van der Waals surface area contributed by atoms with Gasteiger partial charge in [0.1, 0.15) is 5.75 Å². The van der Waals surface area contributed by atoms with Crippen LogP contribution in [0.3, 0.4) is 0 Å². The van der Waals surface area contributed by atoms with Crippen LogP contribution in [0.4, 0.5) is 5.69 Å². The topological polar surface area (TPSA) is 21.3 Å². The first kappa shape index (κ1) is 14.0. The van der Waals surface area contributed by atoms with Crippen molar-refractivity contribution in [3.63, 3.8) is 0 Å². The first-order valence-corrected chi connectivity index (χ1v) is 7.83. The molecule has 1 fully saturated rings. The number of hydrogen-bond donors (Lipinski definition) is 1. The van der Waals surface area contributed by atoms with E-state index in [4.69, 9.17) is 4.74 Å². The maximum absolute atomic E-state index is 5.79. The molecule has 1 unspecified atom stereocenters. The number of hydrogen-bond acceptors (Lipinski definition) is 2. The molecule has 0 amide bonds. The molecule has 21 heavy (non-hydrogen) atoms. The minimum atomic E-state index is 0.383. The van der Waals surface area contributed by atoms with Gasteiger partial charge in [-0.05, 0) is 55.9 Å². The van der Waals surface area contributed by atoms with Gasteiger partial charge in [-0.15, -0.1) is 0 Å². The molecule has 0 saturated heterocycles. The molecule has 0 radical (unpaired) electrons. The van der Waals surface area contributed by atoms with Crippen molar-refractivity contribution in [3.05, 3.63) is 59.7 Å². The molecular formula is C19H23NO. The van der Waals surface area contributed by atoms with Gasteiger partial charge in [0.2, 0.25) is 0 Å². The second kappa shape index (κ2) is 6.21. The normalized spacial score (nSPS) is 15.5. The second-order valence-electron chi connectivity index (χ2n) is 5.80. The van der Waals surface area contributed by atoms with Crippen molar-refractivity contribution >= 4 is 5.69 Å². The smallest absolute Gasteiger partial charge is 0.142 e. The molecule has 0 aliphatic heterocycles. The summed E-state index contributed by atoms with van der Waals surface area (Å²) < 4.78 is 5.79. The predicted octanol–water partition coefficient (Wildman–Crippen LogP) is 4.96. The Morgan fingerprint density at radius 2 is 1.90 bits per heavy atom. The number of anilines is 1. The highest BCUT2D eigenvalue weighted by Crippen LogP contribution is 2.44. The van der Waals surface area contributed by atoms with E-state index in [1.54, 1.807) is 0 Å². The van der Waals surface area contributed by atoms with E-state index in [2.05, 4.69) is 60.8 Å². The molecule has 2 nitrogen and oxygen atoms in total. The van der Waals surface area contributed by atoms with Crippen LogP contribution in [0.25, 0.3) is 0 Å². The molecule has 0 spiro atoms. The van der Waals surface area contributed by atoms with Gasteiger partial charge in [0.25, 0.3) is 0 Å². The average molecular weight is 281 g/mol. The molecule has 2 aromatic rings. The molecule has 2 heteroatoms. The van der Waals surface area contributed by atoms with Gasteiger partial charge in [-0.2, -0.15) is 0 Å². The average Bonchev–Trinajstić information content (AvgIpc) is 3.32. The second-order valence-corrected chi connectivity index (χ2v) is 5.80. The maximum Gasteiger partial charge on any atom is 0.142 e. The highest BCUT2D eigenvalue weighted by atomic mass is 16.5. The number of nitrogens with one attached hydrogen (secondary N) is 1. The molecule has 1 atom stereocenters. The Morgan fingerprint density at radius 3 is 2.57 bits per heavy atom. The fourth-order valence-corrected chi connectivity index (χ4v) is 2.75. The van der Waals surface area contributed by atoms with Crippen LogP contribution in [0, 0.1) is 12.8 Å². The van der Waals surface area contributed by atoms with Gasteiger partial charge in [0, 0.05) is 0 Å². The lowest BCUT2D eigenvalue weighted by molar-refractivity contribution is 0.341. The van der Waals surface area contributed by atoms with Gasteiger partial charge < -0.3 is 10.1 Å². The standard InChI is InChI=1S/C19H23NO/c1-3-21-18-13-14(2)9-12-17(18)20-19(16-10-11-16)15-7-5-4-6-8-15/h4-9,12-13,16,19-20H,3,10-11H2,1-2H3. The molecule has 2 aromatic carbocycles. The van der Waals surface area contributed by atoms with Crippen molar-refractivity contribution in [1.82, 2.24) is 0 Å². The maximum atomic E-state index is 5.79. The zero-order valence-electron chi connectivity index (χ0n) is 12.8. The van der Waals surface area contributed by atoms with Crippen molar-refractivity contribution in [2.75, 3.05) is 11.9 Å². The van der Waals surface area contributed by atoms with Crippen LogP contribution in [0.15, 0.2) is 48.5 Å². The SMILES string of the molecule is CCOc1cc(C)ccc1NC(c1ccccc1)C1CC1. The molecule has 0 bridgehead atoms. The Bertz CT molecular complexity index is 590. The first-order chi connectivity index (χ1) is 10.3. The number of aryl methyl sites for hydroxylation is 1. The molecule has 110 valence electrons. The summed E-state index contributed by atoms with van der Waals surface area (Å²) in [7, 11) is 0. The minimum absolute atomic E-state index is 0.383. The molecule has 0 aromatic heterocycles. The van der Waals surface area contributed by atoms with E-state index < -0.39 is 0 Å². The summed E-state index contributed by atoms with van der Waals surface area (Å²) in [5.41, 5.74) is 3.69. The lowest BCUT2D eigenvalue weighted by Crippen LogP contribution is -2.13. The van der Waals surface area contributed by atoms with Gasteiger partial charge in [0.15, 0.2) is 0 Å². The lowest BCUT2D eigenvalue weighted by Gasteiger charge is -2.22. The highest BCUT2D eigenvalue weighted by Gasteiger charge is 2.32. The third kappa shape index (κ3) is 3.38. The highest BCUT2D eigenvalue weighted by molar-refractivity contribution is 5.59. The van der Waals surface area contributed by atoms with Crippen LogP contribution >= 0.6 is 0 Å². The predicted molar refractivity (Wildman–Crippen MR) is 87.9 cm³/mol. The van der Waals surface area contributed by atoms with Gasteiger partial charge in [-0.3, -0.25) is 0 Å². The molecule has 1 aliphatic carbocycles. The van der Waals surface area contributed by atoms with E-state index in [-0.39, 0.29) is 0 Å². The zero-order valence-corrected chi connectivity index (χ0v) is 12.8. The van der Waals surface area contributed by atoms with Crippen molar-refractivity contribution in [1.29, 1.82) is 0 Å². The van der Waals surface area contributed by atoms with E-state index in [1.807, 2.05) is 6.92 Å². The lowest BCUT2D eigenvalue weighted by atomic mass is 10.0. The summed E-state index contributed by atoms with van der Waals surface area (Å²) >= 11 is 0. The molecule has 3 rings (SSSR count). The first-order valence-electron chi connectivity index (χ1n) is 7.83. The quantitative estimate of drug-likeness (QED) is 0.808. The van der Waals surface area contributed by atoms with Crippen LogP contribution < -0.4 is 10.1 Å². The van der Waals surface area contributed by atoms with E-state index in [0.717, 1.165) is 17.4 Å². The van der Waals surface area contributed by atoms with E-state index in [0.29, 0.717) is 12.6 Å². The van der Waals surface area contributed by atoms with Crippen molar-refractivity contribution in [2.24, 2.45) is 5.92 Å². The molecule has 1 aliphatic rings. The van der Waals surface area contributed by atoms with Crippen molar-refractivity contribution in [2.45, 2.75) is 32.7 Å². The monoisotopic (exact) mass is 281 g/mol. The molecular weight excluding hydrogens is 258 g/mol. The van der Waals surface area contributed by atoms with Gasteiger partial charge >= 0.3 is 0 Å². The van der Waals surface area contributed by atoms with E-state index in [1.165, 1.54) is 24.0 Å². The number of rotatable bonds is 6. The van der Waals surface area contributed by atoms with Gasteiger partial charge in [-0.1, -0.05) is 36.4 Å². The third-order valence-corrected chi connectivity index (χ3v) is 4.00. The molecule has 1 N–H and O–H groups in total. The van der Waals surface area contributed by atoms with Crippen molar-refractivity contribution < 1.29 is 4.74 Å². The Labute approximate surface area is 127 Å². The minimum Gasteiger partial charge on any atom is -0.492 e. The Balaban J connectivity index is 1.86. The van der Waals surface area contributed by atoms with Crippen LogP contribution in [-0.4, -0.2) is 6.61 Å². The molecule has 0 heterocycles. The summed E-state index contributed by atoms with van der Waals surface area (Å²) in [6.45, 7) is 4.82. The summed E-state index contributed by atoms with van der Waals surface area (Å²) in [5.74, 6) is 1.70. The fourth-order valence-electron chi connectivity index (χ4n) is 2.75. The van der Waals surface area contributed by atoms with Crippen LogP contribution in [0.2, 0.25) is 0 Å². The number of benzene rings is 2. The Kier molecular flexibility index (Phi) is 4.14. The van der Waals surface area contributed by atoms with Crippen LogP contribution in [0.5, 0.6) is 5.75 Å². The molecule has 1 saturated carbocycles. The summed E-state index contributed by atoms with van der Waals surface area (Å²) in [4.78, 5) is 0. The van der Waals surface area contributed by atoms with E-state index in [9.17, 15) is 0 Å². The largest absolute Gasteiger partial charge is 0.492 e. The fraction of sp³-hybridized carbons (Fsp3) is 0.368. The summed E-state index contributed by atoms with van der Waals surface area (Å²) in [5, 5.41) is 3.71. The zero-order chi connectivity index (χ0) is 14.7. The summed E-state index contributed by atoms with van der Waals surface area (Å²) in [6, 6.07) is 17.5. The van der Waals surface area contributed by atoms with Crippen LogP contribution in [-0.2, 0) is 0 Å². The number of ether oxygens (including phenoxy) is 1. The van der Waals surface area contributed by atoms with Crippen molar-refractivity contribution in [3.8, 4) is 5.75 Å². The third-order valence-electron chi connectivity index (χ3n) is 4.00. The Morgan fingerprint density at radius 1 is 1.14 bits per heavy atom. The van der Waals surface area contributed by atoms with Gasteiger partial charge in [0.05, 0.1) is 18.3 Å². The Hall–Kier alpha value is -1.96. The van der Waals surface area contributed by atoms with E-state index >= 15 is 0 Å². The summed E-state index contributed by atoms with van der Waals surface area (Å²) in [6.07, 6.45) is 2.62. The van der Waals surface area contributed by atoms with Gasteiger partial charge in [-0.25, -0.2) is 0 Å². The van der Waals surface area contributed by atoms with Crippen LogP contribution in [0.1, 0.15) is 36.9 Å².